The van der Waals surface area contributed by atoms with E-state index in [1.54, 1.807) is 42.5 Å². The van der Waals surface area contributed by atoms with E-state index in [1.807, 2.05) is 48.5 Å². The number of fused-ring (bicyclic) bond motifs is 1. The van der Waals surface area contributed by atoms with Crippen LogP contribution in [0, 0.1) is 0 Å². The summed E-state index contributed by atoms with van der Waals surface area (Å²) < 4.78 is 32.2. The molecule has 6 nitrogen and oxygen atoms in total. The molecule has 0 fully saturated rings. The first-order valence-electron chi connectivity index (χ1n) is 10.1. The highest BCUT2D eigenvalue weighted by Gasteiger charge is 2.23. The summed E-state index contributed by atoms with van der Waals surface area (Å²) in [6, 6.07) is 26.7. The molecule has 0 saturated heterocycles. The lowest BCUT2D eigenvalue weighted by Crippen LogP contribution is -2.37. The molecule has 1 N–H and O–H groups in total. The van der Waals surface area contributed by atoms with E-state index in [1.165, 1.54) is 0 Å². The fourth-order valence-corrected chi connectivity index (χ4v) is 4.47. The number of sulfonamides is 1. The first-order valence-corrected chi connectivity index (χ1v) is 12.3. The van der Waals surface area contributed by atoms with E-state index in [2.05, 4.69) is 5.32 Å². The predicted octanol–water partition coefficient (Wildman–Crippen LogP) is 5.69. The summed E-state index contributed by atoms with van der Waals surface area (Å²) >= 11 is 6.13. The number of hydrogen-bond donors (Lipinski definition) is 1. The van der Waals surface area contributed by atoms with Gasteiger partial charge in [0.15, 0.2) is 5.75 Å². The molecule has 0 aromatic heterocycles. The standard InChI is InChI=1S/C25H21ClN2O4S/c1-33(30,31)28(23-13-7-9-18-8-5-6-12-21(18)23)17-25(29)27-22-16-19(26)14-15-24(22)32-20-10-3-2-4-11-20/h2-16H,17H2,1H3,(H,27,29). The topological polar surface area (TPSA) is 75.7 Å². The van der Waals surface area contributed by atoms with Gasteiger partial charge in [-0.25, -0.2) is 8.42 Å². The molecule has 1 amide bonds. The molecule has 0 aliphatic carbocycles. The van der Waals surface area contributed by atoms with Gasteiger partial charge in [-0.2, -0.15) is 0 Å². The summed E-state index contributed by atoms with van der Waals surface area (Å²) in [6.07, 6.45) is 1.07. The fourth-order valence-electron chi connectivity index (χ4n) is 3.43. The second-order valence-electron chi connectivity index (χ2n) is 7.37. The molecule has 4 aromatic rings. The maximum Gasteiger partial charge on any atom is 0.245 e. The van der Waals surface area contributed by atoms with Gasteiger partial charge >= 0.3 is 0 Å². The first kappa shape index (κ1) is 22.6. The molecule has 0 atom stereocenters. The van der Waals surface area contributed by atoms with Gasteiger partial charge in [0, 0.05) is 10.4 Å². The van der Waals surface area contributed by atoms with E-state index in [0.717, 1.165) is 21.3 Å². The van der Waals surface area contributed by atoms with Crippen molar-refractivity contribution in [3.63, 3.8) is 0 Å². The van der Waals surface area contributed by atoms with Crippen molar-refractivity contribution in [1.82, 2.24) is 0 Å². The Balaban J connectivity index is 1.62. The van der Waals surface area contributed by atoms with Crippen molar-refractivity contribution in [1.29, 1.82) is 0 Å². The van der Waals surface area contributed by atoms with Crippen LogP contribution in [-0.4, -0.2) is 27.1 Å². The fraction of sp³-hybridized carbons (Fsp3) is 0.0800. The number of nitrogens with one attached hydrogen (secondary N) is 1. The van der Waals surface area contributed by atoms with Crippen LogP contribution in [0.2, 0.25) is 5.02 Å². The minimum absolute atomic E-state index is 0.336. The Morgan fingerprint density at radius 3 is 2.39 bits per heavy atom. The average molecular weight is 481 g/mol. The molecule has 8 heteroatoms. The van der Waals surface area contributed by atoms with Crippen LogP contribution in [-0.2, 0) is 14.8 Å². The van der Waals surface area contributed by atoms with Gasteiger partial charge in [0.1, 0.15) is 12.3 Å². The number of para-hydroxylation sites is 1. The lowest BCUT2D eigenvalue weighted by Gasteiger charge is -2.23. The number of rotatable bonds is 7. The maximum absolute atomic E-state index is 13.0. The van der Waals surface area contributed by atoms with E-state index in [4.69, 9.17) is 16.3 Å². The number of hydrogen-bond acceptors (Lipinski definition) is 4. The molecule has 0 bridgehead atoms. The minimum Gasteiger partial charge on any atom is -0.455 e. The number of carbonyl (C=O) groups excluding carboxylic acids is 1. The molecule has 0 spiro atoms. The van der Waals surface area contributed by atoms with E-state index < -0.39 is 22.5 Å². The van der Waals surface area contributed by atoms with Gasteiger partial charge in [0.25, 0.3) is 0 Å². The van der Waals surface area contributed by atoms with Crippen LogP contribution in [0.4, 0.5) is 11.4 Å². The number of anilines is 2. The second kappa shape index (κ2) is 9.52. The normalized spacial score (nSPS) is 11.2. The van der Waals surface area contributed by atoms with Crippen molar-refractivity contribution in [2.75, 3.05) is 22.4 Å². The van der Waals surface area contributed by atoms with Crippen LogP contribution in [0.25, 0.3) is 10.8 Å². The summed E-state index contributed by atoms with van der Waals surface area (Å²) in [7, 11) is -3.75. The molecule has 0 aliphatic rings. The zero-order valence-electron chi connectivity index (χ0n) is 17.7. The Bertz CT molecular complexity index is 1400. The van der Waals surface area contributed by atoms with E-state index in [-0.39, 0.29) is 0 Å². The summed E-state index contributed by atoms with van der Waals surface area (Å²) in [6.45, 7) is -0.413. The molecule has 168 valence electrons. The van der Waals surface area contributed by atoms with E-state index >= 15 is 0 Å². The van der Waals surface area contributed by atoms with Gasteiger partial charge in [-0.1, -0.05) is 66.2 Å². The van der Waals surface area contributed by atoms with Crippen molar-refractivity contribution in [3.05, 3.63) is 96.0 Å². The van der Waals surface area contributed by atoms with Gasteiger partial charge in [-0.15, -0.1) is 0 Å². The molecule has 0 saturated carbocycles. The zero-order chi connectivity index (χ0) is 23.4. The Morgan fingerprint density at radius 2 is 1.64 bits per heavy atom. The SMILES string of the molecule is CS(=O)(=O)N(CC(=O)Nc1cc(Cl)ccc1Oc1ccccc1)c1cccc2ccccc12. The quantitative estimate of drug-likeness (QED) is 0.368. The van der Waals surface area contributed by atoms with Gasteiger partial charge in [0.05, 0.1) is 17.6 Å². The van der Waals surface area contributed by atoms with Gasteiger partial charge in [0.2, 0.25) is 15.9 Å². The summed E-state index contributed by atoms with van der Waals surface area (Å²) in [5, 5.41) is 4.74. The number of ether oxygens (including phenoxy) is 1. The third-order valence-corrected chi connectivity index (χ3v) is 6.27. The molecule has 4 rings (SSSR count). The van der Waals surface area contributed by atoms with Gasteiger partial charge in [-0.3, -0.25) is 9.10 Å². The third-order valence-electron chi connectivity index (χ3n) is 4.91. The van der Waals surface area contributed by atoms with Crippen molar-refractivity contribution in [2.45, 2.75) is 0 Å². The van der Waals surface area contributed by atoms with Crippen LogP contribution in [0.3, 0.4) is 0 Å². The Morgan fingerprint density at radius 1 is 0.939 bits per heavy atom. The number of halogens is 1. The molecule has 0 radical (unpaired) electrons. The number of benzene rings is 4. The molecule has 0 unspecified atom stereocenters. The lowest BCUT2D eigenvalue weighted by molar-refractivity contribution is -0.114. The van der Waals surface area contributed by atoms with Crippen LogP contribution in [0.5, 0.6) is 11.5 Å². The zero-order valence-corrected chi connectivity index (χ0v) is 19.3. The summed E-state index contributed by atoms with van der Waals surface area (Å²) in [5.41, 5.74) is 0.764. The highest BCUT2D eigenvalue weighted by atomic mass is 35.5. The predicted molar refractivity (Wildman–Crippen MR) is 133 cm³/mol. The largest absolute Gasteiger partial charge is 0.455 e. The summed E-state index contributed by atoms with van der Waals surface area (Å²) in [5.74, 6) is 0.437. The minimum atomic E-state index is -3.75. The van der Waals surface area contributed by atoms with Crippen molar-refractivity contribution in [3.8, 4) is 11.5 Å². The molecular weight excluding hydrogens is 460 g/mol. The third kappa shape index (κ3) is 5.45. The number of nitrogens with zero attached hydrogens (tertiary/aromatic N) is 1. The highest BCUT2D eigenvalue weighted by Crippen LogP contribution is 2.33. The smallest absolute Gasteiger partial charge is 0.245 e. The highest BCUT2D eigenvalue weighted by molar-refractivity contribution is 7.92. The Labute approximate surface area is 197 Å². The van der Waals surface area contributed by atoms with E-state index in [0.29, 0.717) is 27.9 Å². The molecule has 4 aromatic carbocycles. The Hall–Kier alpha value is -3.55. The second-order valence-corrected chi connectivity index (χ2v) is 9.71. The van der Waals surface area contributed by atoms with Crippen LogP contribution in [0.15, 0.2) is 91.0 Å². The van der Waals surface area contributed by atoms with Crippen molar-refractivity contribution >= 4 is 49.7 Å². The lowest BCUT2D eigenvalue weighted by atomic mass is 10.1. The Kier molecular flexibility index (Phi) is 6.53. The molecular formula is C25H21ClN2O4S. The van der Waals surface area contributed by atoms with Gasteiger partial charge < -0.3 is 10.1 Å². The first-order chi connectivity index (χ1) is 15.8. The van der Waals surface area contributed by atoms with Crippen molar-refractivity contribution < 1.29 is 17.9 Å². The molecule has 0 heterocycles. The monoisotopic (exact) mass is 480 g/mol. The maximum atomic E-state index is 13.0. The van der Waals surface area contributed by atoms with Crippen LogP contribution >= 0.6 is 11.6 Å². The summed E-state index contributed by atoms with van der Waals surface area (Å²) in [4.78, 5) is 13.0. The number of carbonyl (C=O) groups is 1. The molecule has 33 heavy (non-hydrogen) atoms. The molecule has 0 aliphatic heterocycles. The number of amides is 1. The van der Waals surface area contributed by atoms with Crippen LogP contribution < -0.4 is 14.4 Å². The van der Waals surface area contributed by atoms with Gasteiger partial charge in [-0.05, 0) is 41.8 Å². The average Bonchev–Trinajstić information content (AvgIpc) is 2.79. The van der Waals surface area contributed by atoms with E-state index in [9.17, 15) is 13.2 Å². The van der Waals surface area contributed by atoms with Crippen molar-refractivity contribution in [2.24, 2.45) is 0 Å². The van der Waals surface area contributed by atoms with Crippen LogP contribution in [0.1, 0.15) is 0 Å².